The van der Waals surface area contributed by atoms with Crippen LogP contribution in [0.4, 0.5) is 8.78 Å². The Kier molecular flexibility index (Phi) is 3.22. The molecule has 1 unspecified atom stereocenters. The summed E-state index contributed by atoms with van der Waals surface area (Å²) < 4.78 is 30.6. The summed E-state index contributed by atoms with van der Waals surface area (Å²) in [5.74, 6) is 0.386. The third-order valence-corrected chi connectivity index (χ3v) is 2.70. The number of aromatic nitrogens is 1. The molecule has 0 aliphatic rings. The van der Waals surface area contributed by atoms with Crippen molar-refractivity contribution < 1.29 is 13.2 Å². The highest BCUT2D eigenvalue weighted by molar-refractivity contribution is 5.57. The third kappa shape index (κ3) is 2.52. The van der Waals surface area contributed by atoms with Gasteiger partial charge in [0.25, 0.3) is 0 Å². The summed E-state index contributed by atoms with van der Waals surface area (Å²) in [6.07, 6.45) is -0.761. The van der Waals surface area contributed by atoms with Crippen LogP contribution >= 0.6 is 0 Å². The summed E-state index contributed by atoms with van der Waals surface area (Å²) >= 11 is 0. The number of hydrogen-bond donors (Lipinski definition) is 0. The molecule has 17 heavy (non-hydrogen) atoms. The normalized spacial score (nSPS) is 13.0. The second-order valence-corrected chi connectivity index (χ2v) is 3.99. The smallest absolute Gasteiger partial charge is 0.245 e. The first kappa shape index (κ1) is 11.8. The van der Waals surface area contributed by atoms with Crippen molar-refractivity contribution >= 4 is 0 Å². The molecule has 0 bridgehead atoms. The van der Waals surface area contributed by atoms with Crippen LogP contribution in [0.3, 0.4) is 0 Å². The Morgan fingerprint density at radius 1 is 1.29 bits per heavy atom. The molecule has 0 spiro atoms. The fraction of sp³-hybridized carbons (Fsp3) is 0.308. The average molecular weight is 237 g/mol. The molecule has 2 rings (SSSR count). The zero-order chi connectivity index (χ0) is 12.4. The van der Waals surface area contributed by atoms with Crippen LogP contribution in [0.1, 0.15) is 24.3 Å². The van der Waals surface area contributed by atoms with Crippen molar-refractivity contribution in [2.45, 2.75) is 26.2 Å². The van der Waals surface area contributed by atoms with Crippen LogP contribution in [-0.4, -0.2) is 11.4 Å². The Bertz CT molecular complexity index is 508. The Hall–Kier alpha value is -1.71. The van der Waals surface area contributed by atoms with E-state index in [9.17, 15) is 8.78 Å². The van der Waals surface area contributed by atoms with Crippen LogP contribution in [-0.2, 0) is 0 Å². The van der Waals surface area contributed by atoms with Gasteiger partial charge in [-0.3, -0.25) is 0 Å². The molecule has 0 saturated carbocycles. The van der Waals surface area contributed by atoms with E-state index >= 15 is 0 Å². The molecule has 1 heterocycles. The van der Waals surface area contributed by atoms with Crippen LogP contribution < -0.4 is 0 Å². The van der Waals surface area contributed by atoms with Crippen molar-refractivity contribution in [2.75, 3.05) is 0 Å². The second kappa shape index (κ2) is 4.65. The Morgan fingerprint density at radius 2 is 2.06 bits per heavy atom. The maximum absolute atomic E-state index is 12.6. The third-order valence-electron chi connectivity index (χ3n) is 2.70. The summed E-state index contributed by atoms with van der Waals surface area (Å²) in [5, 5.41) is 0. The van der Waals surface area contributed by atoms with Gasteiger partial charge in [-0.2, -0.15) is 0 Å². The van der Waals surface area contributed by atoms with Crippen molar-refractivity contribution in [3.63, 3.8) is 0 Å². The van der Waals surface area contributed by atoms with Crippen molar-refractivity contribution in [1.82, 2.24) is 4.98 Å². The highest BCUT2D eigenvalue weighted by atomic mass is 19.3. The molecule has 0 radical (unpaired) electrons. The van der Waals surface area contributed by atoms with Crippen LogP contribution in [0.25, 0.3) is 11.3 Å². The van der Waals surface area contributed by atoms with Crippen molar-refractivity contribution in [3.8, 4) is 11.3 Å². The second-order valence-electron chi connectivity index (χ2n) is 3.99. The SMILES string of the molecule is Cc1ncc(-c2cccc(C(C)C(F)F)c2)o1. The van der Waals surface area contributed by atoms with E-state index in [0.29, 0.717) is 17.2 Å². The van der Waals surface area contributed by atoms with Gasteiger partial charge in [0.2, 0.25) is 6.43 Å². The zero-order valence-electron chi connectivity index (χ0n) is 9.65. The highest BCUT2D eigenvalue weighted by Crippen LogP contribution is 2.27. The lowest BCUT2D eigenvalue weighted by Gasteiger charge is -2.11. The predicted molar refractivity (Wildman–Crippen MR) is 61.1 cm³/mol. The zero-order valence-corrected chi connectivity index (χ0v) is 9.65. The van der Waals surface area contributed by atoms with Crippen molar-refractivity contribution in [3.05, 3.63) is 41.9 Å². The molecule has 2 aromatic rings. The van der Waals surface area contributed by atoms with Crippen LogP contribution in [0.15, 0.2) is 34.9 Å². The fourth-order valence-electron chi connectivity index (χ4n) is 1.62. The van der Waals surface area contributed by atoms with E-state index in [2.05, 4.69) is 4.98 Å². The van der Waals surface area contributed by atoms with Gasteiger partial charge in [-0.05, 0) is 11.6 Å². The Labute approximate surface area is 98.3 Å². The van der Waals surface area contributed by atoms with Gasteiger partial charge in [-0.15, -0.1) is 0 Å². The minimum atomic E-state index is -2.36. The number of rotatable bonds is 3. The molecule has 0 aliphatic heterocycles. The minimum absolute atomic E-state index is 0.562. The largest absolute Gasteiger partial charge is 0.441 e. The van der Waals surface area contributed by atoms with Gasteiger partial charge in [-0.1, -0.05) is 25.1 Å². The van der Waals surface area contributed by atoms with Crippen molar-refractivity contribution in [1.29, 1.82) is 0 Å². The number of oxazole rings is 1. The van der Waals surface area contributed by atoms with Gasteiger partial charge in [-0.25, -0.2) is 13.8 Å². The van der Waals surface area contributed by atoms with Gasteiger partial charge < -0.3 is 4.42 Å². The molecule has 1 aromatic carbocycles. The van der Waals surface area contributed by atoms with E-state index in [1.54, 1.807) is 31.3 Å². The number of aryl methyl sites for hydroxylation is 1. The van der Waals surface area contributed by atoms with Crippen LogP contribution in [0.5, 0.6) is 0 Å². The summed E-state index contributed by atoms with van der Waals surface area (Å²) in [7, 11) is 0. The van der Waals surface area contributed by atoms with Gasteiger partial charge in [0.15, 0.2) is 11.7 Å². The minimum Gasteiger partial charge on any atom is -0.441 e. The number of benzene rings is 1. The first-order valence-corrected chi connectivity index (χ1v) is 5.39. The van der Waals surface area contributed by atoms with Gasteiger partial charge in [0, 0.05) is 18.4 Å². The number of nitrogens with zero attached hydrogens (tertiary/aromatic N) is 1. The number of halogens is 2. The topological polar surface area (TPSA) is 26.0 Å². The van der Waals surface area contributed by atoms with Gasteiger partial charge in [0.1, 0.15) is 0 Å². The summed E-state index contributed by atoms with van der Waals surface area (Å²) in [6, 6.07) is 6.99. The maximum atomic E-state index is 12.6. The van der Waals surface area contributed by atoms with E-state index in [4.69, 9.17) is 4.42 Å². The van der Waals surface area contributed by atoms with Crippen molar-refractivity contribution in [2.24, 2.45) is 0 Å². The standard InChI is InChI=1S/C13H13F2NO/c1-8(13(14)15)10-4-3-5-11(6-10)12-7-16-9(2)17-12/h3-8,13H,1-2H3. The number of hydrogen-bond acceptors (Lipinski definition) is 2. The number of alkyl halides is 2. The molecule has 0 amide bonds. The molecule has 1 atom stereocenters. The molecule has 0 N–H and O–H groups in total. The average Bonchev–Trinajstić information content (AvgIpc) is 2.75. The monoisotopic (exact) mass is 237 g/mol. The van der Waals surface area contributed by atoms with Crippen LogP contribution in [0.2, 0.25) is 0 Å². The molecular weight excluding hydrogens is 224 g/mol. The maximum Gasteiger partial charge on any atom is 0.245 e. The molecule has 0 fully saturated rings. The van der Waals surface area contributed by atoms with E-state index in [1.807, 2.05) is 6.07 Å². The van der Waals surface area contributed by atoms with E-state index in [1.165, 1.54) is 6.92 Å². The molecule has 90 valence electrons. The molecule has 0 saturated heterocycles. The highest BCUT2D eigenvalue weighted by Gasteiger charge is 2.17. The first-order chi connectivity index (χ1) is 8.08. The van der Waals surface area contributed by atoms with E-state index in [-0.39, 0.29) is 0 Å². The molecule has 1 aromatic heterocycles. The molecule has 4 heteroatoms. The predicted octanol–water partition coefficient (Wildman–Crippen LogP) is 4.02. The van der Waals surface area contributed by atoms with E-state index < -0.39 is 12.3 Å². The molecule has 0 aliphatic carbocycles. The van der Waals surface area contributed by atoms with Crippen LogP contribution in [0, 0.1) is 6.92 Å². The van der Waals surface area contributed by atoms with Gasteiger partial charge in [0.05, 0.1) is 6.20 Å². The summed E-state index contributed by atoms with van der Waals surface area (Å²) in [5.41, 5.74) is 1.38. The first-order valence-electron chi connectivity index (χ1n) is 5.39. The molecular formula is C13H13F2NO. The molecule has 2 nitrogen and oxygen atoms in total. The summed E-state index contributed by atoms with van der Waals surface area (Å²) in [6.45, 7) is 3.25. The fourth-order valence-corrected chi connectivity index (χ4v) is 1.62. The lowest BCUT2D eigenvalue weighted by molar-refractivity contribution is 0.121. The van der Waals surface area contributed by atoms with E-state index in [0.717, 1.165) is 5.56 Å². The Balaban J connectivity index is 2.35. The van der Waals surface area contributed by atoms with Gasteiger partial charge >= 0.3 is 0 Å². The summed E-state index contributed by atoms with van der Waals surface area (Å²) in [4.78, 5) is 3.99. The quantitative estimate of drug-likeness (QED) is 0.805. The lowest BCUT2D eigenvalue weighted by Crippen LogP contribution is -2.04. The Morgan fingerprint density at radius 3 is 2.65 bits per heavy atom. The lowest BCUT2D eigenvalue weighted by atomic mass is 9.99.